The van der Waals surface area contributed by atoms with Gasteiger partial charge in [0.25, 0.3) is 0 Å². The minimum absolute atomic E-state index is 0.364. The standard InChI is InChI=1S/C9H15N5O2S/c1-15-8(16-2)7-14-9(11-12-13-14)17-6-4-3-5-10/h8H,3-4,6-7H2,1-2H3. The first-order valence-corrected chi connectivity index (χ1v) is 6.12. The highest BCUT2D eigenvalue weighted by molar-refractivity contribution is 7.99. The lowest BCUT2D eigenvalue weighted by Gasteiger charge is -2.13. The van der Waals surface area contributed by atoms with Crippen LogP contribution in [0.1, 0.15) is 12.8 Å². The largest absolute Gasteiger partial charge is 0.354 e. The van der Waals surface area contributed by atoms with E-state index >= 15 is 0 Å². The molecule has 0 spiro atoms. The van der Waals surface area contributed by atoms with Gasteiger partial charge in [0, 0.05) is 26.4 Å². The van der Waals surface area contributed by atoms with E-state index in [4.69, 9.17) is 14.7 Å². The van der Waals surface area contributed by atoms with Crippen LogP contribution < -0.4 is 0 Å². The van der Waals surface area contributed by atoms with E-state index in [1.807, 2.05) is 0 Å². The van der Waals surface area contributed by atoms with Crippen LogP contribution in [-0.2, 0) is 16.0 Å². The fraction of sp³-hybridized carbons (Fsp3) is 0.778. The van der Waals surface area contributed by atoms with E-state index in [-0.39, 0.29) is 6.29 Å². The Hall–Kier alpha value is -1.17. The second-order valence-electron chi connectivity index (χ2n) is 3.15. The SMILES string of the molecule is COC(Cn1nnnc1SCCCC#N)OC. The van der Waals surface area contributed by atoms with Gasteiger partial charge in [0.1, 0.15) is 0 Å². The number of ether oxygens (including phenoxy) is 2. The van der Waals surface area contributed by atoms with Gasteiger partial charge in [-0.1, -0.05) is 11.8 Å². The van der Waals surface area contributed by atoms with Gasteiger partial charge in [-0.2, -0.15) is 5.26 Å². The van der Waals surface area contributed by atoms with Crippen LogP contribution in [0.2, 0.25) is 0 Å². The van der Waals surface area contributed by atoms with Crippen LogP contribution in [0.15, 0.2) is 5.16 Å². The number of tetrazole rings is 1. The molecule has 8 heteroatoms. The molecule has 0 saturated heterocycles. The predicted molar refractivity (Wildman–Crippen MR) is 61.2 cm³/mol. The van der Waals surface area contributed by atoms with Crippen LogP contribution in [0, 0.1) is 11.3 Å². The Morgan fingerprint density at radius 2 is 2.24 bits per heavy atom. The Bertz CT molecular complexity index is 361. The Morgan fingerprint density at radius 3 is 2.88 bits per heavy atom. The summed E-state index contributed by atoms with van der Waals surface area (Å²) in [6, 6.07) is 2.10. The molecule has 0 fully saturated rings. The lowest BCUT2D eigenvalue weighted by atomic mass is 10.4. The molecule has 1 heterocycles. The highest BCUT2D eigenvalue weighted by Crippen LogP contribution is 2.15. The van der Waals surface area contributed by atoms with Crippen molar-refractivity contribution in [2.45, 2.75) is 30.8 Å². The maximum atomic E-state index is 8.42. The summed E-state index contributed by atoms with van der Waals surface area (Å²) in [5.41, 5.74) is 0. The second-order valence-corrected chi connectivity index (χ2v) is 4.22. The van der Waals surface area contributed by atoms with E-state index in [9.17, 15) is 0 Å². The fourth-order valence-corrected chi connectivity index (χ4v) is 1.94. The predicted octanol–water partition coefficient (Wildman–Crippen LogP) is 0.688. The van der Waals surface area contributed by atoms with Gasteiger partial charge in [-0.3, -0.25) is 0 Å². The Morgan fingerprint density at radius 1 is 1.47 bits per heavy atom. The fourth-order valence-electron chi connectivity index (χ4n) is 1.12. The molecule has 0 radical (unpaired) electrons. The first kappa shape index (κ1) is 13.9. The third-order valence-electron chi connectivity index (χ3n) is 2.01. The molecule has 0 atom stereocenters. The van der Waals surface area contributed by atoms with E-state index < -0.39 is 0 Å². The number of nitrogens with zero attached hydrogens (tertiary/aromatic N) is 5. The van der Waals surface area contributed by atoms with Crippen molar-refractivity contribution in [3.05, 3.63) is 0 Å². The van der Waals surface area contributed by atoms with Crippen LogP contribution in [-0.4, -0.2) is 46.5 Å². The van der Waals surface area contributed by atoms with Crippen molar-refractivity contribution in [3.63, 3.8) is 0 Å². The number of hydrogen-bond acceptors (Lipinski definition) is 7. The van der Waals surface area contributed by atoms with Crippen LogP contribution in [0.5, 0.6) is 0 Å². The van der Waals surface area contributed by atoms with Crippen molar-refractivity contribution >= 4 is 11.8 Å². The first-order chi connectivity index (χ1) is 8.31. The zero-order chi connectivity index (χ0) is 12.5. The maximum absolute atomic E-state index is 8.42. The molecule has 94 valence electrons. The van der Waals surface area contributed by atoms with E-state index in [2.05, 4.69) is 21.6 Å². The van der Waals surface area contributed by atoms with E-state index in [1.165, 1.54) is 11.8 Å². The average Bonchev–Trinajstić information content (AvgIpc) is 2.79. The molecule has 0 aliphatic rings. The highest BCUT2D eigenvalue weighted by Gasteiger charge is 2.12. The van der Waals surface area contributed by atoms with Crippen molar-refractivity contribution in [2.24, 2.45) is 0 Å². The van der Waals surface area contributed by atoms with Crippen LogP contribution in [0.3, 0.4) is 0 Å². The summed E-state index contributed by atoms with van der Waals surface area (Å²) in [6.07, 6.45) is 1.01. The van der Waals surface area contributed by atoms with Gasteiger partial charge in [-0.25, -0.2) is 4.68 Å². The smallest absolute Gasteiger partial charge is 0.209 e. The molecule has 0 aliphatic carbocycles. The number of rotatable bonds is 8. The first-order valence-electron chi connectivity index (χ1n) is 5.13. The number of methoxy groups -OCH3 is 2. The minimum Gasteiger partial charge on any atom is -0.354 e. The Labute approximate surface area is 104 Å². The molecule has 0 unspecified atom stereocenters. The number of aromatic nitrogens is 4. The summed E-state index contributed by atoms with van der Waals surface area (Å²) < 4.78 is 11.8. The zero-order valence-electron chi connectivity index (χ0n) is 9.87. The van der Waals surface area contributed by atoms with Gasteiger partial charge >= 0.3 is 0 Å². The lowest BCUT2D eigenvalue weighted by molar-refractivity contribution is -0.113. The van der Waals surface area contributed by atoms with Crippen molar-refractivity contribution < 1.29 is 9.47 Å². The van der Waals surface area contributed by atoms with Crippen molar-refractivity contribution in [2.75, 3.05) is 20.0 Å². The second kappa shape index (κ2) is 8.00. The summed E-state index contributed by atoms with van der Waals surface area (Å²) in [4.78, 5) is 0. The number of nitriles is 1. The molecule has 0 aliphatic heterocycles. The van der Waals surface area contributed by atoms with Gasteiger partial charge in [0.2, 0.25) is 5.16 Å². The summed E-state index contributed by atoms with van der Waals surface area (Å²) in [7, 11) is 3.14. The topological polar surface area (TPSA) is 85.9 Å². The molecule has 0 N–H and O–H groups in total. The van der Waals surface area contributed by atoms with E-state index in [0.29, 0.717) is 18.1 Å². The molecule has 0 aromatic carbocycles. The quantitative estimate of drug-likeness (QED) is 0.384. The third-order valence-corrected chi connectivity index (χ3v) is 3.05. The van der Waals surface area contributed by atoms with Crippen molar-refractivity contribution in [1.82, 2.24) is 20.2 Å². The van der Waals surface area contributed by atoms with Crippen molar-refractivity contribution in [1.29, 1.82) is 5.26 Å². The minimum atomic E-state index is -0.364. The molecule has 0 saturated carbocycles. The van der Waals surface area contributed by atoms with Crippen molar-refractivity contribution in [3.8, 4) is 6.07 Å². The van der Waals surface area contributed by atoms with Gasteiger partial charge in [-0.05, 0) is 16.8 Å². The summed E-state index contributed by atoms with van der Waals surface area (Å²) >= 11 is 1.52. The summed E-state index contributed by atoms with van der Waals surface area (Å²) in [5.74, 6) is 0.818. The highest BCUT2D eigenvalue weighted by atomic mass is 32.2. The van der Waals surface area contributed by atoms with Crippen LogP contribution in [0.25, 0.3) is 0 Å². The van der Waals surface area contributed by atoms with Crippen LogP contribution >= 0.6 is 11.8 Å². The Kier molecular flexibility index (Phi) is 6.54. The van der Waals surface area contributed by atoms with Crippen LogP contribution in [0.4, 0.5) is 0 Å². The van der Waals surface area contributed by atoms with Gasteiger partial charge in [-0.15, -0.1) is 5.10 Å². The van der Waals surface area contributed by atoms with Gasteiger partial charge < -0.3 is 9.47 Å². The molecule has 1 aromatic heterocycles. The Balaban J connectivity index is 2.45. The number of thioether (sulfide) groups is 1. The average molecular weight is 257 g/mol. The molecular weight excluding hydrogens is 242 g/mol. The third kappa shape index (κ3) is 4.68. The molecular formula is C9H15N5O2S. The summed E-state index contributed by atoms with van der Waals surface area (Å²) in [6.45, 7) is 0.445. The zero-order valence-corrected chi connectivity index (χ0v) is 10.7. The molecule has 17 heavy (non-hydrogen) atoms. The lowest BCUT2D eigenvalue weighted by Crippen LogP contribution is -2.21. The molecule has 0 bridgehead atoms. The molecule has 1 rings (SSSR count). The molecule has 1 aromatic rings. The van der Waals surface area contributed by atoms with E-state index in [0.717, 1.165) is 12.2 Å². The molecule has 0 amide bonds. The maximum Gasteiger partial charge on any atom is 0.209 e. The monoisotopic (exact) mass is 257 g/mol. The van der Waals surface area contributed by atoms with Gasteiger partial charge in [0.15, 0.2) is 6.29 Å². The number of unbranched alkanes of at least 4 members (excludes halogenated alkanes) is 1. The summed E-state index contributed by atoms with van der Waals surface area (Å²) in [5, 5.41) is 20.5. The number of hydrogen-bond donors (Lipinski definition) is 0. The van der Waals surface area contributed by atoms with Gasteiger partial charge in [0.05, 0.1) is 12.6 Å². The normalized spacial score (nSPS) is 10.7. The van der Waals surface area contributed by atoms with E-state index in [1.54, 1.807) is 18.9 Å². The molecule has 7 nitrogen and oxygen atoms in total.